The zero-order valence-corrected chi connectivity index (χ0v) is 11.2. The number of para-hydroxylation sites is 1. The summed E-state index contributed by atoms with van der Waals surface area (Å²) in [6.45, 7) is 0. The summed E-state index contributed by atoms with van der Waals surface area (Å²) < 4.78 is 55.6. The van der Waals surface area contributed by atoms with Crippen molar-refractivity contribution in [3.8, 4) is 16.9 Å². The van der Waals surface area contributed by atoms with Crippen LogP contribution in [0.15, 0.2) is 60.7 Å². The highest BCUT2D eigenvalue weighted by molar-refractivity contribution is 5.88. The van der Waals surface area contributed by atoms with Crippen molar-refractivity contribution in [2.24, 2.45) is 0 Å². The first-order valence-electron chi connectivity index (χ1n) is 6.47. The molecule has 22 heavy (non-hydrogen) atoms. The molecule has 0 aliphatic rings. The van der Waals surface area contributed by atoms with E-state index in [9.17, 15) is 17.6 Å². The van der Waals surface area contributed by atoms with E-state index in [2.05, 4.69) is 4.74 Å². The van der Waals surface area contributed by atoms with Crippen LogP contribution in [0.4, 0.5) is 17.6 Å². The molecule has 0 unspecified atom stereocenters. The predicted molar refractivity (Wildman–Crippen MR) is 76.0 cm³/mol. The minimum atomic E-state index is -4.80. The molecular weight excluding hydrogens is 296 g/mol. The quantitative estimate of drug-likeness (QED) is 0.564. The Bertz CT molecular complexity index is 824. The van der Waals surface area contributed by atoms with Gasteiger partial charge in [-0.25, -0.2) is 4.39 Å². The SMILES string of the molecule is Fc1cc(-c2ccccc2OC(F)(F)F)cc2ccccc12. The lowest BCUT2D eigenvalue weighted by Crippen LogP contribution is -2.17. The van der Waals surface area contributed by atoms with Gasteiger partial charge in [0.15, 0.2) is 0 Å². The van der Waals surface area contributed by atoms with Crippen LogP contribution in [-0.4, -0.2) is 6.36 Å². The molecule has 0 bridgehead atoms. The van der Waals surface area contributed by atoms with Crippen LogP contribution in [0.5, 0.6) is 5.75 Å². The Balaban J connectivity index is 2.16. The minimum absolute atomic E-state index is 0.185. The number of halogens is 4. The highest BCUT2D eigenvalue weighted by atomic mass is 19.4. The third-order valence-corrected chi connectivity index (χ3v) is 3.24. The molecule has 0 fully saturated rings. The average Bonchev–Trinajstić information content (AvgIpc) is 2.46. The second-order valence-corrected chi connectivity index (χ2v) is 4.72. The van der Waals surface area contributed by atoms with E-state index in [0.29, 0.717) is 16.3 Å². The molecule has 5 heteroatoms. The Morgan fingerprint density at radius 2 is 1.50 bits per heavy atom. The number of hydrogen-bond donors (Lipinski definition) is 0. The van der Waals surface area contributed by atoms with E-state index in [-0.39, 0.29) is 11.3 Å². The molecule has 1 nitrogen and oxygen atoms in total. The molecule has 0 spiro atoms. The van der Waals surface area contributed by atoms with Crippen molar-refractivity contribution >= 4 is 10.8 Å². The summed E-state index contributed by atoms with van der Waals surface area (Å²) in [6, 6.07) is 15.3. The maximum atomic E-state index is 14.1. The van der Waals surface area contributed by atoms with Crippen LogP contribution in [0.25, 0.3) is 21.9 Å². The van der Waals surface area contributed by atoms with E-state index in [0.717, 1.165) is 0 Å². The van der Waals surface area contributed by atoms with Gasteiger partial charge in [0, 0.05) is 10.9 Å². The molecule has 0 saturated carbocycles. The molecule has 3 rings (SSSR count). The minimum Gasteiger partial charge on any atom is -0.405 e. The van der Waals surface area contributed by atoms with Crippen LogP contribution >= 0.6 is 0 Å². The number of fused-ring (bicyclic) bond motifs is 1. The fraction of sp³-hybridized carbons (Fsp3) is 0.0588. The standard InChI is InChI=1S/C17H10F4O/c18-15-10-12(9-11-5-1-2-6-13(11)15)14-7-3-4-8-16(14)22-17(19,20)21/h1-10H. The van der Waals surface area contributed by atoms with Crippen molar-refractivity contribution in [2.75, 3.05) is 0 Å². The smallest absolute Gasteiger partial charge is 0.405 e. The summed E-state index contributed by atoms with van der Waals surface area (Å²) in [5.41, 5.74) is 0.514. The first-order chi connectivity index (χ1) is 10.4. The molecule has 0 aliphatic carbocycles. The van der Waals surface area contributed by atoms with E-state index < -0.39 is 12.2 Å². The summed E-state index contributed by atoms with van der Waals surface area (Å²) in [4.78, 5) is 0. The van der Waals surface area contributed by atoms with Gasteiger partial charge in [-0.05, 0) is 29.1 Å². The number of alkyl halides is 3. The second kappa shape index (κ2) is 5.33. The fourth-order valence-electron chi connectivity index (χ4n) is 2.34. The Labute approximate surface area is 123 Å². The molecule has 0 aliphatic heterocycles. The van der Waals surface area contributed by atoms with Crippen LogP contribution in [0, 0.1) is 5.82 Å². The van der Waals surface area contributed by atoms with Crippen molar-refractivity contribution in [3.05, 3.63) is 66.5 Å². The van der Waals surface area contributed by atoms with Crippen molar-refractivity contribution < 1.29 is 22.3 Å². The second-order valence-electron chi connectivity index (χ2n) is 4.72. The van der Waals surface area contributed by atoms with Crippen LogP contribution in [0.1, 0.15) is 0 Å². The Morgan fingerprint density at radius 3 is 2.27 bits per heavy atom. The summed E-state index contributed by atoms with van der Waals surface area (Å²) in [5, 5.41) is 1.03. The van der Waals surface area contributed by atoms with Gasteiger partial charge in [0.25, 0.3) is 0 Å². The molecule has 0 saturated heterocycles. The van der Waals surface area contributed by atoms with E-state index >= 15 is 0 Å². The Morgan fingerprint density at radius 1 is 0.818 bits per heavy atom. The van der Waals surface area contributed by atoms with Gasteiger partial charge in [-0.2, -0.15) is 0 Å². The summed E-state index contributed by atoms with van der Waals surface area (Å²) in [6.07, 6.45) is -4.80. The summed E-state index contributed by atoms with van der Waals surface area (Å²) in [5.74, 6) is -0.848. The molecule has 0 amide bonds. The zero-order chi connectivity index (χ0) is 15.7. The Hall–Kier alpha value is -2.56. The predicted octanol–water partition coefficient (Wildman–Crippen LogP) is 5.54. The van der Waals surface area contributed by atoms with E-state index in [1.165, 1.54) is 24.3 Å². The van der Waals surface area contributed by atoms with E-state index in [4.69, 9.17) is 0 Å². The van der Waals surface area contributed by atoms with Crippen molar-refractivity contribution in [1.82, 2.24) is 0 Å². The van der Waals surface area contributed by atoms with Gasteiger partial charge in [-0.1, -0.05) is 42.5 Å². The fourth-order valence-corrected chi connectivity index (χ4v) is 2.34. The van der Waals surface area contributed by atoms with Gasteiger partial charge in [0.1, 0.15) is 11.6 Å². The topological polar surface area (TPSA) is 9.23 Å². The lowest BCUT2D eigenvalue weighted by molar-refractivity contribution is -0.274. The third-order valence-electron chi connectivity index (χ3n) is 3.24. The normalized spacial score (nSPS) is 11.6. The molecule has 3 aromatic rings. The largest absolute Gasteiger partial charge is 0.573 e. The molecule has 112 valence electrons. The maximum Gasteiger partial charge on any atom is 0.573 e. The molecule has 0 atom stereocenters. The van der Waals surface area contributed by atoms with Crippen LogP contribution in [0.3, 0.4) is 0 Å². The average molecular weight is 306 g/mol. The van der Waals surface area contributed by atoms with Crippen LogP contribution in [0.2, 0.25) is 0 Å². The highest BCUT2D eigenvalue weighted by Crippen LogP contribution is 2.35. The van der Waals surface area contributed by atoms with Crippen molar-refractivity contribution in [2.45, 2.75) is 6.36 Å². The molecule has 0 aromatic heterocycles. The van der Waals surface area contributed by atoms with E-state index in [1.807, 2.05) is 0 Å². The lowest BCUT2D eigenvalue weighted by Gasteiger charge is -2.14. The summed E-state index contributed by atoms with van der Waals surface area (Å²) in [7, 11) is 0. The lowest BCUT2D eigenvalue weighted by atomic mass is 10.00. The molecular formula is C17H10F4O. The number of benzene rings is 3. The highest BCUT2D eigenvalue weighted by Gasteiger charge is 2.32. The number of ether oxygens (including phenoxy) is 1. The van der Waals surface area contributed by atoms with Crippen molar-refractivity contribution in [3.63, 3.8) is 0 Å². The van der Waals surface area contributed by atoms with Gasteiger partial charge >= 0.3 is 6.36 Å². The van der Waals surface area contributed by atoms with Crippen LogP contribution < -0.4 is 4.74 Å². The van der Waals surface area contributed by atoms with Gasteiger partial charge < -0.3 is 4.74 Å². The molecule has 3 aromatic carbocycles. The van der Waals surface area contributed by atoms with Gasteiger partial charge in [-0.3, -0.25) is 0 Å². The Kier molecular flexibility index (Phi) is 3.48. The van der Waals surface area contributed by atoms with Gasteiger partial charge in [0.05, 0.1) is 0 Å². The van der Waals surface area contributed by atoms with Crippen molar-refractivity contribution in [1.29, 1.82) is 0 Å². The summed E-state index contributed by atoms with van der Waals surface area (Å²) >= 11 is 0. The molecule has 0 radical (unpaired) electrons. The third kappa shape index (κ3) is 2.88. The molecule has 0 N–H and O–H groups in total. The zero-order valence-electron chi connectivity index (χ0n) is 11.2. The maximum absolute atomic E-state index is 14.1. The molecule has 0 heterocycles. The number of rotatable bonds is 2. The van der Waals surface area contributed by atoms with Gasteiger partial charge in [-0.15, -0.1) is 13.2 Å². The number of hydrogen-bond acceptors (Lipinski definition) is 1. The van der Waals surface area contributed by atoms with Gasteiger partial charge in [0.2, 0.25) is 0 Å². The first-order valence-corrected chi connectivity index (χ1v) is 6.47. The monoisotopic (exact) mass is 306 g/mol. The first kappa shape index (κ1) is 14.4. The van der Waals surface area contributed by atoms with Crippen LogP contribution in [-0.2, 0) is 0 Å². The van der Waals surface area contributed by atoms with E-state index in [1.54, 1.807) is 36.4 Å².